The number of aryl methyl sites for hydroxylation is 6. The molecular formula is C38H47N5O2. The number of aromatic nitrogens is 4. The van der Waals surface area contributed by atoms with Crippen LogP contribution in [0.25, 0.3) is 45.4 Å². The van der Waals surface area contributed by atoms with Gasteiger partial charge in [-0.15, -0.1) is 0 Å². The number of H-pyrrole nitrogens is 2. The summed E-state index contributed by atoms with van der Waals surface area (Å²) in [6, 6.07) is 2.09. The highest BCUT2D eigenvalue weighted by Crippen LogP contribution is 2.41. The Labute approximate surface area is 266 Å². The van der Waals surface area contributed by atoms with E-state index in [1.165, 1.54) is 16.7 Å². The monoisotopic (exact) mass is 605 g/mol. The Balaban J connectivity index is 2.18. The third-order valence-corrected chi connectivity index (χ3v) is 9.51. The van der Waals surface area contributed by atoms with E-state index in [-0.39, 0.29) is 0 Å². The molecule has 0 saturated heterocycles. The fourth-order valence-electron chi connectivity index (χ4n) is 7.54. The van der Waals surface area contributed by atoms with Gasteiger partial charge in [0.1, 0.15) is 0 Å². The summed E-state index contributed by atoms with van der Waals surface area (Å²) in [5.41, 5.74) is 17.3. The molecular weight excluding hydrogens is 558 g/mol. The van der Waals surface area contributed by atoms with Crippen LogP contribution in [0.5, 0.6) is 0 Å². The van der Waals surface area contributed by atoms with Gasteiger partial charge in [0, 0.05) is 27.7 Å². The zero-order valence-electron chi connectivity index (χ0n) is 28.2. The minimum Gasteiger partial charge on any atom is -0.354 e. The topological polar surface area (TPSA) is 104 Å². The van der Waals surface area contributed by atoms with Gasteiger partial charge in [-0.3, -0.25) is 14.9 Å². The first-order valence-corrected chi connectivity index (χ1v) is 16.8. The summed E-state index contributed by atoms with van der Waals surface area (Å²) in [6.45, 7) is 17.4. The van der Waals surface area contributed by atoms with Gasteiger partial charge < -0.3 is 9.97 Å². The summed E-state index contributed by atoms with van der Waals surface area (Å²) < 4.78 is 0. The summed E-state index contributed by atoms with van der Waals surface area (Å²) in [6.07, 6.45) is 11.1. The number of imide groups is 1. The highest BCUT2D eigenvalue weighted by Gasteiger charge is 2.29. The maximum Gasteiger partial charge on any atom is 0.261 e. The molecule has 0 radical (unpaired) electrons. The maximum absolute atomic E-state index is 13.9. The number of hydrogen-bond acceptors (Lipinski definition) is 4. The SMILES string of the molecule is CCC1=C(CC)c2nc1c(CC)c1[nH]c(c(CC)c3nc(cc4[nH]c(c(CC)c4CC)c2C(=O)NC=O)C=C3)c(CC)c1CC. The lowest BCUT2D eigenvalue weighted by Crippen LogP contribution is -2.23. The van der Waals surface area contributed by atoms with Crippen LogP contribution in [0, 0.1) is 0 Å². The Morgan fingerprint density at radius 3 is 1.76 bits per heavy atom. The Kier molecular flexibility index (Phi) is 9.56. The van der Waals surface area contributed by atoms with Crippen LogP contribution in [0.4, 0.5) is 0 Å². The van der Waals surface area contributed by atoms with E-state index in [1.54, 1.807) is 0 Å². The van der Waals surface area contributed by atoms with E-state index in [4.69, 9.17) is 9.97 Å². The van der Waals surface area contributed by atoms with Gasteiger partial charge >= 0.3 is 0 Å². The number of amides is 2. The van der Waals surface area contributed by atoms with Crippen molar-refractivity contribution in [2.45, 2.75) is 107 Å². The lowest BCUT2D eigenvalue weighted by molar-refractivity contribution is -0.108. The van der Waals surface area contributed by atoms with Gasteiger partial charge in [0.05, 0.1) is 33.9 Å². The predicted molar refractivity (Wildman–Crippen MR) is 187 cm³/mol. The minimum atomic E-state index is -0.448. The van der Waals surface area contributed by atoms with Crippen molar-refractivity contribution < 1.29 is 9.59 Å². The number of nitrogens with one attached hydrogen (secondary N) is 3. The molecule has 3 N–H and O–H groups in total. The molecule has 2 aliphatic rings. The standard InChI is InChI=1S/C38H47N5O2/c1-9-22-23(10-2)36-32(38(45)39-20-44)37-27(14-6)26(13-5)35(43-37)29(16-8)34-25(12-4)24(11-3)33(42-34)28(15-7)30-18-17-21(40-30)19-31(22)41-36/h17-20,41-42H,9-16H2,1-8H3,(H,39,44,45). The van der Waals surface area contributed by atoms with Crippen molar-refractivity contribution in [3.05, 3.63) is 67.8 Å². The van der Waals surface area contributed by atoms with Crippen LogP contribution in [0.2, 0.25) is 0 Å². The number of fused-ring (bicyclic) bond motifs is 8. The summed E-state index contributed by atoms with van der Waals surface area (Å²) in [4.78, 5) is 43.6. The molecule has 5 rings (SSSR count). The Hall–Kier alpha value is -4.26. The summed E-state index contributed by atoms with van der Waals surface area (Å²) in [5, 5.41) is 2.46. The largest absolute Gasteiger partial charge is 0.354 e. The molecule has 0 spiro atoms. The molecule has 0 aromatic carbocycles. The van der Waals surface area contributed by atoms with Gasteiger partial charge in [-0.25, -0.2) is 9.97 Å². The molecule has 45 heavy (non-hydrogen) atoms. The maximum atomic E-state index is 13.9. The molecule has 0 aliphatic carbocycles. The van der Waals surface area contributed by atoms with Crippen LogP contribution in [-0.4, -0.2) is 32.3 Å². The van der Waals surface area contributed by atoms with Crippen molar-refractivity contribution in [2.75, 3.05) is 0 Å². The Bertz CT molecular complexity index is 1900. The highest BCUT2D eigenvalue weighted by atomic mass is 16.2. The smallest absolute Gasteiger partial charge is 0.261 e. The van der Waals surface area contributed by atoms with Gasteiger partial charge in [-0.1, -0.05) is 55.4 Å². The molecule has 0 atom stereocenters. The van der Waals surface area contributed by atoms with Gasteiger partial charge in [0.25, 0.3) is 5.91 Å². The van der Waals surface area contributed by atoms with Crippen LogP contribution >= 0.6 is 0 Å². The van der Waals surface area contributed by atoms with Gasteiger partial charge in [-0.05, 0) is 103 Å². The average Bonchev–Trinajstić information content (AvgIpc) is 3.81. The molecule has 5 heterocycles. The summed E-state index contributed by atoms with van der Waals surface area (Å²) in [5.74, 6) is -0.448. The van der Waals surface area contributed by atoms with Crippen LogP contribution in [0.3, 0.4) is 0 Å². The Morgan fingerprint density at radius 1 is 0.644 bits per heavy atom. The van der Waals surface area contributed by atoms with Crippen LogP contribution in [-0.2, 0) is 43.3 Å². The molecule has 3 aromatic rings. The van der Waals surface area contributed by atoms with Crippen LogP contribution < -0.4 is 5.32 Å². The molecule has 7 heteroatoms. The quantitative estimate of drug-likeness (QED) is 0.158. The second-order valence-corrected chi connectivity index (χ2v) is 11.6. The summed E-state index contributed by atoms with van der Waals surface area (Å²) >= 11 is 0. The van der Waals surface area contributed by atoms with E-state index >= 15 is 0 Å². The summed E-state index contributed by atoms with van der Waals surface area (Å²) in [7, 11) is 0. The van der Waals surface area contributed by atoms with Crippen molar-refractivity contribution in [2.24, 2.45) is 0 Å². The minimum absolute atomic E-state index is 0.420. The van der Waals surface area contributed by atoms with Gasteiger partial charge in [0.15, 0.2) is 0 Å². The number of aromatic amines is 2. The van der Waals surface area contributed by atoms with Crippen molar-refractivity contribution >= 4 is 57.7 Å². The molecule has 0 unspecified atom stereocenters. The fourth-order valence-corrected chi connectivity index (χ4v) is 7.54. The van der Waals surface area contributed by atoms with Crippen molar-refractivity contribution in [1.29, 1.82) is 0 Å². The van der Waals surface area contributed by atoms with Gasteiger partial charge in [-0.2, -0.15) is 0 Å². The Morgan fingerprint density at radius 2 is 1.20 bits per heavy atom. The third kappa shape index (κ3) is 5.26. The van der Waals surface area contributed by atoms with E-state index in [1.807, 2.05) is 0 Å². The van der Waals surface area contributed by atoms with E-state index in [0.717, 1.165) is 112 Å². The zero-order valence-corrected chi connectivity index (χ0v) is 28.2. The number of carbonyl (C=O) groups is 2. The molecule has 2 amide bonds. The number of allylic oxidation sites excluding steroid dienone is 2. The normalized spacial score (nSPS) is 12.7. The van der Waals surface area contributed by atoms with E-state index in [0.29, 0.717) is 24.1 Å². The van der Waals surface area contributed by atoms with Crippen molar-refractivity contribution in [1.82, 2.24) is 25.3 Å². The third-order valence-electron chi connectivity index (χ3n) is 9.51. The molecule has 0 saturated carbocycles. The zero-order chi connectivity index (χ0) is 32.4. The van der Waals surface area contributed by atoms with Crippen molar-refractivity contribution in [3.63, 3.8) is 0 Å². The molecule has 7 nitrogen and oxygen atoms in total. The highest BCUT2D eigenvalue weighted by molar-refractivity contribution is 6.11. The van der Waals surface area contributed by atoms with E-state index in [2.05, 4.69) is 88.9 Å². The number of rotatable bonds is 10. The number of carbonyl (C=O) groups excluding carboxylic acids is 2. The van der Waals surface area contributed by atoms with Crippen LogP contribution in [0.15, 0.2) is 6.07 Å². The molecule has 8 bridgehead atoms. The molecule has 236 valence electrons. The molecule has 0 fully saturated rings. The number of hydrogen-bond donors (Lipinski definition) is 3. The lowest BCUT2D eigenvalue weighted by Gasteiger charge is -2.09. The van der Waals surface area contributed by atoms with E-state index < -0.39 is 5.91 Å². The average molecular weight is 606 g/mol. The first-order chi connectivity index (χ1) is 21.8. The molecule has 3 aromatic heterocycles. The first-order valence-electron chi connectivity index (χ1n) is 16.8. The van der Waals surface area contributed by atoms with E-state index in [9.17, 15) is 9.59 Å². The number of nitrogens with zero attached hydrogens (tertiary/aromatic N) is 2. The van der Waals surface area contributed by atoms with Gasteiger partial charge in [0.2, 0.25) is 6.41 Å². The predicted octanol–water partition coefficient (Wildman–Crippen LogP) is 8.48. The second-order valence-electron chi connectivity index (χ2n) is 11.6. The first kappa shape index (κ1) is 32.1. The lowest BCUT2D eigenvalue weighted by atomic mass is 9.93. The second kappa shape index (κ2) is 13.4. The van der Waals surface area contributed by atoms with Crippen LogP contribution in [0.1, 0.15) is 135 Å². The molecule has 2 aliphatic heterocycles. The fraction of sp³-hybridized carbons (Fsp3) is 0.421. The van der Waals surface area contributed by atoms with Crippen molar-refractivity contribution in [3.8, 4) is 0 Å².